The molecule has 4 unspecified atom stereocenters. The van der Waals surface area contributed by atoms with Gasteiger partial charge in [0.05, 0.1) is 0 Å². The number of allylic oxidation sites excluding steroid dienone is 4. The Morgan fingerprint density at radius 3 is 2.62 bits per heavy atom. The van der Waals surface area contributed by atoms with Crippen LogP contribution in [0.3, 0.4) is 0 Å². The van der Waals surface area contributed by atoms with Gasteiger partial charge in [-0.1, -0.05) is 42.7 Å². The van der Waals surface area contributed by atoms with Gasteiger partial charge in [-0.3, -0.25) is 20.2 Å². The van der Waals surface area contributed by atoms with Gasteiger partial charge < -0.3 is 0 Å². The summed E-state index contributed by atoms with van der Waals surface area (Å²) in [6.07, 6.45) is 14.0. The highest BCUT2D eigenvalue weighted by Crippen LogP contribution is 2.70. The number of terminal acetylenes is 1. The number of nitrogens with one attached hydrogen (secondary N) is 1. The maximum absolute atomic E-state index is 12.2. The van der Waals surface area contributed by atoms with Gasteiger partial charge in [-0.2, -0.15) is 5.48 Å². The lowest BCUT2D eigenvalue weighted by atomic mass is 9.49. The quantitative estimate of drug-likeness (QED) is 0.511. The lowest BCUT2D eigenvalue weighted by Crippen LogP contribution is -2.84. The summed E-state index contributed by atoms with van der Waals surface area (Å²) < 4.78 is 0. The molecule has 3 N–H and O–H groups in total. The fourth-order valence-electron chi connectivity index (χ4n) is 8.14. The van der Waals surface area contributed by atoms with Gasteiger partial charge in [-0.05, 0) is 80.1 Å². The third kappa shape index (κ3) is 2.68. The molecule has 1 heterocycles. The normalized spacial score (nSPS) is 40.6. The molecule has 2 saturated carbocycles. The molecule has 0 radical (unpaired) electrons. The molecule has 1 saturated heterocycles. The van der Waals surface area contributed by atoms with Crippen LogP contribution in [0.2, 0.25) is 0 Å². The van der Waals surface area contributed by atoms with Crippen molar-refractivity contribution in [1.82, 2.24) is 5.48 Å². The van der Waals surface area contributed by atoms with E-state index < -0.39 is 11.3 Å². The summed E-state index contributed by atoms with van der Waals surface area (Å²) in [7, 11) is 0. The Morgan fingerprint density at radius 2 is 1.97 bits per heavy atom. The molecule has 34 heavy (non-hydrogen) atoms. The fraction of sp³-hybridized carbons (Fsp3) is 0.517. The third-order valence-electron chi connectivity index (χ3n) is 9.82. The van der Waals surface area contributed by atoms with Crippen LogP contribution in [0.5, 0.6) is 0 Å². The van der Waals surface area contributed by atoms with Gasteiger partial charge in [0, 0.05) is 23.3 Å². The maximum Gasteiger partial charge on any atom is 0.183 e. The fourth-order valence-corrected chi connectivity index (χ4v) is 8.14. The van der Waals surface area contributed by atoms with Crippen LogP contribution >= 0.6 is 0 Å². The second kappa shape index (κ2) is 7.24. The van der Waals surface area contributed by atoms with Gasteiger partial charge in [-0.15, -0.1) is 6.42 Å². The van der Waals surface area contributed by atoms with Gasteiger partial charge in [0.2, 0.25) is 0 Å². The van der Waals surface area contributed by atoms with Crippen LogP contribution in [0.15, 0.2) is 47.1 Å². The number of Topliss-reactive ketones (excluding diaryl/α,β-unsaturated/α-hetero) is 1. The highest BCUT2D eigenvalue weighted by Gasteiger charge is 2.75. The molecule has 0 aromatic heterocycles. The van der Waals surface area contributed by atoms with Crippen molar-refractivity contribution < 1.29 is 14.4 Å². The lowest BCUT2D eigenvalue weighted by Gasteiger charge is -2.63. The predicted molar refractivity (Wildman–Crippen MR) is 129 cm³/mol. The Balaban J connectivity index is 1.52. The minimum Gasteiger partial charge on any atom is -0.299 e. The smallest absolute Gasteiger partial charge is 0.183 e. The number of ketones is 2. The number of rotatable bonds is 2. The molecule has 3 fully saturated rings. The molecule has 1 aliphatic heterocycles. The summed E-state index contributed by atoms with van der Waals surface area (Å²) in [5, 5.41) is 0. The zero-order valence-electron chi connectivity index (χ0n) is 19.9. The first-order valence-corrected chi connectivity index (χ1v) is 12.5. The Kier molecular flexibility index (Phi) is 4.68. The lowest BCUT2D eigenvalue weighted by molar-refractivity contribution is -0.321. The standard InChI is InChI=1S/C29H32N2O3/c1-4-29(30)28(34-31-29)14-13-25-23-11-9-20-15-21(33)10-12-22(20)26(23)24(16-27(25,28)3)19-7-5-18(6-8-19)17(2)32/h1,5-8,15,23-25,31H,9-14,16,30H2,2-3H3/t23?,24?,25?,27-,28-,29?/m0/s1. The van der Waals surface area contributed by atoms with E-state index in [4.69, 9.17) is 17.0 Å². The van der Waals surface area contributed by atoms with Crippen LogP contribution in [0, 0.1) is 29.6 Å². The monoisotopic (exact) mass is 456 g/mol. The number of carbonyl (C=O) groups is 2. The van der Waals surface area contributed by atoms with Crippen LogP contribution in [0.4, 0.5) is 0 Å². The van der Waals surface area contributed by atoms with E-state index in [9.17, 15) is 9.59 Å². The van der Waals surface area contributed by atoms with Crippen molar-refractivity contribution in [2.75, 3.05) is 0 Å². The number of hydrogen-bond acceptors (Lipinski definition) is 5. The van der Waals surface area contributed by atoms with Crippen LogP contribution in [0.1, 0.15) is 80.6 Å². The van der Waals surface area contributed by atoms with E-state index in [-0.39, 0.29) is 22.9 Å². The van der Waals surface area contributed by atoms with E-state index in [0.29, 0.717) is 18.3 Å². The molecule has 5 aliphatic rings. The van der Waals surface area contributed by atoms with Crippen molar-refractivity contribution in [3.63, 3.8) is 0 Å². The second-order valence-corrected chi connectivity index (χ2v) is 11.2. The minimum absolute atomic E-state index is 0.0708. The van der Waals surface area contributed by atoms with Crippen molar-refractivity contribution in [3.05, 3.63) is 58.2 Å². The van der Waals surface area contributed by atoms with Crippen molar-refractivity contribution in [2.24, 2.45) is 23.0 Å². The highest BCUT2D eigenvalue weighted by molar-refractivity contribution is 5.94. The van der Waals surface area contributed by atoms with Crippen molar-refractivity contribution in [2.45, 2.75) is 76.0 Å². The highest BCUT2D eigenvalue weighted by atomic mass is 16.7. The van der Waals surface area contributed by atoms with E-state index >= 15 is 0 Å². The summed E-state index contributed by atoms with van der Waals surface area (Å²) in [6.45, 7) is 3.93. The van der Waals surface area contributed by atoms with Gasteiger partial charge in [0.25, 0.3) is 0 Å². The van der Waals surface area contributed by atoms with E-state index in [1.54, 1.807) is 6.92 Å². The molecule has 0 amide bonds. The molecule has 1 spiro atoms. The zero-order chi connectivity index (χ0) is 23.9. The Morgan fingerprint density at radius 1 is 1.21 bits per heavy atom. The third-order valence-corrected chi connectivity index (χ3v) is 9.82. The first kappa shape index (κ1) is 22.0. The molecule has 176 valence electrons. The summed E-state index contributed by atoms with van der Waals surface area (Å²) in [4.78, 5) is 30.3. The number of nitrogens with two attached hydrogens (primary N) is 1. The van der Waals surface area contributed by atoms with Crippen LogP contribution in [-0.2, 0) is 9.63 Å². The predicted octanol–water partition coefficient (Wildman–Crippen LogP) is 4.35. The molecule has 6 rings (SSSR count). The van der Waals surface area contributed by atoms with Gasteiger partial charge in [-0.25, -0.2) is 0 Å². The average Bonchev–Trinajstić information content (AvgIpc) is 3.17. The Hall–Kier alpha value is -2.52. The first-order valence-electron chi connectivity index (χ1n) is 12.5. The van der Waals surface area contributed by atoms with E-state index in [1.165, 1.54) is 22.3 Å². The molecule has 4 aliphatic carbocycles. The summed E-state index contributed by atoms with van der Waals surface area (Å²) in [6, 6.07) is 8.10. The number of carbonyl (C=O) groups excluding carboxylic acids is 2. The number of benzene rings is 1. The molecule has 5 heteroatoms. The van der Waals surface area contributed by atoms with Gasteiger partial charge >= 0.3 is 0 Å². The SMILES string of the molecule is C#CC1(N)NO[C@]12CCC1C3CCC4=CC(=O)CCC4=C3C(c3ccc(C(C)=O)cc3)C[C@@]12C. The number of hydrogen-bond donors (Lipinski definition) is 2. The first-order chi connectivity index (χ1) is 16.2. The number of hydroxylamine groups is 1. The molecule has 1 aromatic carbocycles. The molecule has 5 nitrogen and oxygen atoms in total. The van der Waals surface area contributed by atoms with Crippen molar-refractivity contribution in [1.29, 1.82) is 0 Å². The molecular formula is C29H32N2O3. The molecular weight excluding hydrogens is 424 g/mol. The van der Waals surface area contributed by atoms with E-state index in [1.807, 2.05) is 18.2 Å². The Labute approximate surface area is 201 Å². The summed E-state index contributed by atoms with van der Waals surface area (Å²) in [5.74, 6) is 4.16. The second-order valence-electron chi connectivity index (χ2n) is 11.2. The summed E-state index contributed by atoms with van der Waals surface area (Å²) in [5.41, 5.74) is 13.9. The molecule has 1 aromatic rings. The van der Waals surface area contributed by atoms with Crippen molar-refractivity contribution in [3.8, 4) is 12.3 Å². The maximum atomic E-state index is 12.2. The largest absolute Gasteiger partial charge is 0.299 e. The minimum atomic E-state index is -0.971. The van der Waals surface area contributed by atoms with E-state index in [0.717, 1.165) is 44.1 Å². The molecule has 6 atom stereocenters. The van der Waals surface area contributed by atoms with Crippen LogP contribution in [0.25, 0.3) is 0 Å². The van der Waals surface area contributed by atoms with Crippen LogP contribution < -0.4 is 11.2 Å². The van der Waals surface area contributed by atoms with Crippen molar-refractivity contribution >= 4 is 11.6 Å². The zero-order valence-corrected chi connectivity index (χ0v) is 19.9. The van der Waals surface area contributed by atoms with Crippen LogP contribution in [-0.4, -0.2) is 22.8 Å². The van der Waals surface area contributed by atoms with Gasteiger partial charge in [0.15, 0.2) is 17.2 Å². The van der Waals surface area contributed by atoms with Gasteiger partial charge in [0.1, 0.15) is 5.60 Å². The number of fused-ring (bicyclic) bond motifs is 5. The average molecular weight is 457 g/mol. The summed E-state index contributed by atoms with van der Waals surface area (Å²) >= 11 is 0. The Bertz CT molecular complexity index is 1200. The topological polar surface area (TPSA) is 81.4 Å². The molecule has 0 bridgehead atoms. The van der Waals surface area contributed by atoms with E-state index in [2.05, 4.69) is 30.5 Å².